The summed E-state index contributed by atoms with van der Waals surface area (Å²) < 4.78 is 27.5. The summed E-state index contributed by atoms with van der Waals surface area (Å²) in [6, 6.07) is 8.69. The van der Waals surface area contributed by atoms with Crippen LogP contribution in [0.5, 0.6) is 0 Å². The Morgan fingerprint density at radius 3 is 2.67 bits per heavy atom. The number of aromatic nitrogens is 1. The summed E-state index contributed by atoms with van der Waals surface area (Å²) in [6.07, 6.45) is 5.43. The molecule has 0 aliphatic heterocycles. The van der Waals surface area contributed by atoms with Crippen LogP contribution in [-0.4, -0.2) is 13.4 Å². The molecule has 1 aromatic carbocycles. The molecule has 0 unspecified atom stereocenters. The summed E-state index contributed by atoms with van der Waals surface area (Å²) in [5.74, 6) is 0. The molecule has 3 rings (SSSR count). The lowest BCUT2D eigenvalue weighted by Crippen LogP contribution is -2.16. The minimum atomic E-state index is -3.63. The van der Waals surface area contributed by atoms with Crippen LogP contribution in [0, 0.1) is 0 Å². The van der Waals surface area contributed by atoms with Gasteiger partial charge in [-0.15, -0.1) is 0 Å². The molecule has 110 valence electrons. The Kier molecular flexibility index (Phi) is 3.87. The molecule has 6 heteroatoms. The van der Waals surface area contributed by atoms with E-state index in [1.54, 1.807) is 0 Å². The Morgan fingerprint density at radius 2 is 1.90 bits per heavy atom. The zero-order valence-electron chi connectivity index (χ0n) is 11.3. The maximum absolute atomic E-state index is 12.4. The summed E-state index contributed by atoms with van der Waals surface area (Å²) in [6.45, 7) is 0. The second-order valence-electron chi connectivity index (χ2n) is 5.07. The lowest BCUT2D eigenvalue weighted by molar-refractivity contribution is 0.600. The molecule has 0 atom stereocenters. The topological polar surface area (TPSA) is 59.1 Å². The fourth-order valence-electron chi connectivity index (χ4n) is 2.60. The Morgan fingerprint density at radius 1 is 1.10 bits per heavy atom. The van der Waals surface area contributed by atoms with E-state index in [-0.39, 0.29) is 10.0 Å². The predicted octanol–water partition coefficient (Wildman–Crippen LogP) is 3.41. The highest BCUT2D eigenvalue weighted by molar-refractivity contribution is 7.92. The van der Waals surface area contributed by atoms with Gasteiger partial charge in [-0.25, -0.2) is 13.4 Å². The Hall–Kier alpha value is -1.59. The van der Waals surface area contributed by atoms with Crippen molar-refractivity contribution in [1.82, 2.24) is 4.98 Å². The van der Waals surface area contributed by atoms with Crippen LogP contribution in [0.2, 0.25) is 5.15 Å². The normalized spacial score (nSPS) is 14.5. The molecule has 0 amide bonds. The summed E-state index contributed by atoms with van der Waals surface area (Å²) in [5, 5.41) is 0.269. The van der Waals surface area contributed by atoms with Gasteiger partial charge >= 0.3 is 0 Å². The predicted molar refractivity (Wildman–Crippen MR) is 83.1 cm³/mol. The number of pyridine rings is 1. The van der Waals surface area contributed by atoms with Gasteiger partial charge in [0.15, 0.2) is 0 Å². The molecular weight excluding hydrogens is 308 g/mol. The van der Waals surface area contributed by atoms with Crippen LogP contribution < -0.4 is 4.72 Å². The Labute approximate surface area is 129 Å². The van der Waals surface area contributed by atoms with Crippen LogP contribution in [0.3, 0.4) is 0 Å². The van der Waals surface area contributed by atoms with E-state index in [9.17, 15) is 8.42 Å². The van der Waals surface area contributed by atoms with Crippen molar-refractivity contribution in [3.8, 4) is 0 Å². The molecule has 0 saturated heterocycles. The molecule has 1 heterocycles. The number of hydrogen-bond donors (Lipinski definition) is 1. The number of halogens is 1. The van der Waals surface area contributed by atoms with E-state index in [4.69, 9.17) is 11.6 Å². The molecule has 1 aliphatic carbocycles. The van der Waals surface area contributed by atoms with E-state index in [1.165, 1.54) is 23.9 Å². The molecule has 1 N–H and O–H groups in total. The second-order valence-corrected chi connectivity index (χ2v) is 7.14. The first kappa shape index (κ1) is 14.4. The smallest absolute Gasteiger partial charge is 0.263 e. The largest absolute Gasteiger partial charge is 0.279 e. The molecule has 2 aromatic rings. The highest BCUT2D eigenvalue weighted by Crippen LogP contribution is 2.29. The molecule has 21 heavy (non-hydrogen) atoms. The fourth-order valence-corrected chi connectivity index (χ4v) is 3.75. The number of sulfonamides is 1. The molecular formula is C15H15ClN2O2S. The van der Waals surface area contributed by atoms with Crippen molar-refractivity contribution in [1.29, 1.82) is 0 Å². The average molecular weight is 323 g/mol. The lowest BCUT2D eigenvalue weighted by Gasteiger charge is -2.20. The third-order valence-electron chi connectivity index (χ3n) is 3.65. The van der Waals surface area contributed by atoms with E-state index < -0.39 is 10.0 Å². The number of fused-ring (bicyclic) bond motifs is 1. The Balaban J connectivity index is 1.94. The van der Waals surface area contributed by atoms with Crippen LogP contribution in [0.25, 0.3) is 0 Å². The first-order valence-corrected chi connectivity index (χ1v) is 8.67. The highest BCUT2D eigenvalue weighted by atomic mass is 35.5. The number of hydrogen-bond acceptors (Lipinski definition) is 3. The van der Waals surface area contributed by atoms with Gasteiger partial charge in [-0.2, -0.15) is 0 Å². The number of benzene rings is 1. The van der Waals surface area contributed by atoms with Gasteiger partial charge in [-0.1, -0.05) is 23.7 Å². The van der Waals surface area contributed by atoms with E-state index in [2.05, 4.69) is 15.8 Å². The van der Waals surface area contributed by atoms with Crippen LogP contribution in [-0.2, 0) is 22.9 Å². The second kappa shape index (κ2) is 5.66. The van der Waals surface area contributed by atoms with Crippen molar-refractivity contribution in [3.63, 3.8) is 0 Å². The van der Waals surface area contributed by atoms with Crippen molar-refractivity contribution in [2.24, 2.45) is 0 Å². The summed E-state index contributed by atoms with van der Waals surface area (Å²) in [5.41, 5.74) is 3.01. The molecule has 0 saturated carbocycles. The van der Waals surface area contributed by atoms with Gasteiger partial charge in [0.2, 0.25) is 0 Å². The van der Waals surface area contributed by atoms with Crippen molar-refractivity contribution in [2.45, 2.75) is 30.6 Å². The van der Waals surface area contributed by atoms with Gasteiger partial charge in [0.25, 0.3) is 10.0 Å². The van der Waals surface area contributed by atoms with Crippen LogP contribution in [0.15, 0.2) is 41.4 Å². The summed E-state index contributed by atoms with van der Waals surface area (Å²) in [7, 11) is -3.63. The van der Waals surface area contributed by atoms with E-state index in [0.29, 0.717) is 5.69 Å². The maximum atomic E-state index is 12.4. The monoisotopic (exact) mass is 322 g/mol. The summed E-state index contributed by atoms with van der Waals surface area (Å²) in [4.78, 5) is 3.93. The molecule has 4 nitrogen and oxygen atoms in total. The zero-order valence-corrected chi connectivity index (χ0v) is 12.9. The highest BCUT2D eigenvalue weighted by Gasteiger charge is 2.19. The van der Waals surface area contributed by atoms with Gasteiger partial charge < -0.3 is 0 Å². The number of aryl methyl sites for hydroxylation is 1. The first-order chi connectivity index (χ1) is 10.1. The Bertz CT molecular complexity index is 758. The van der Waals surface area contributed by atoms with Gasteiger partial charge in [0, 0.05) is 6.20 Å². The molecule has 0 spiro atoms. The van der Waals surface area contributed by atoms with Crippen LogP contribution in [0.1, 0.15) is 24.0 Å². The van der Waals surface area contributed by atoms with Crippen molar-refractivity contribution >= 4 is 27.3 Å². The zero-order chi connectivity index (χ0) is 14.9. The van der Waals surface area contributed by atoms with Crippen molar-refractivity contribution < 1.29 is 8.42 Å². The molecule has 1 aliphatic rings. The number of rotatable bonds is 3. The molecule has 0 bridgehead atoms. The minimum absolute atomic E-state index is 0.111. The third-order valence-corrected chi connectivity index (χ3v) is 5.23. The number of nitrogens with one attached hydrogen (secondary N) is 1. The molecule has 0 radical (unpaired) electrons. The minimum Gasteiger partial charge on any atom is -0.279 e. The van der Waals surface area contributed by atoms with Crippen LogP contribution in [0.4, 0.5) is 5.69 Å². The lowest BCUT2D eigenvalue weighted by atomic mass is 9.91. The van der Waals surface area contributed by atoms with Gasteiger partial charge in [0.05, 0.1) is 5.69 Å². The molecule has 1 aromatic heterocycles. The third kappa shape index (κ3) is 3.04. The van der Waals surface area contributed by atoms with E-state index >= 15 is 0 Å². The first-order valence-electron chi connectivity index (χ1n) is 6.81. The van der Waals surface area contributed by atoms with Gasteiger partial charge in [0.1, 0.15) is 10.0 Å². The number of nitrogens with zero attached hydrogens (tertiary/aromatic N) is 1. The quantitative estimate of drug-likeness (QED) is 0.881. The van der Waals surface area contributed by atoms with Gasteiger partial charge in [-0.3, -0.25) is 4.72 Å². The van der Waals surface area contributed by atoms with E-state index in [1.807, 2.05) is 12.1 Å². The SMILES string of the molecule is O=S(=O)(Nc1cccc2c1CCCC2)c1ccc(Cl)nc1. The average Bonchev–Trinajstić information content (AvgIpc) is 2.48. The summed E-state index contributed by atoms with van der Waals surface area (Å²) >= 11 is 5.69. The fraction of sp³-hybridized carbons (Fsp3) is 0.267. The van der Waals surface area contributed by atoms with E-state index in [0.717, 1.165) is 31.2 Å². The maximum Gasteiger partial charge on any atom is 0.263 e. The van der Waals surface area contributed by atoms with Crippen molar-refractivity contribution in [3.05, 3.63) is 52.8 Å². The van der Waals surface area contributed by atoms with Gasteiger partial charge in [-0.05, 0) is 55.0 Å². The van der Waals surface area contributed by atoms with Crippen LogP contribution >= 0.6 is 11.6 Å². The molecule has 0 fully saturated rings. The van der Waals surface area contributed by atoms with Crippen molar-refractivity contribution in [2.75, 3.05) is 4.72 Å². The standard InChI is InChI=1S/C15H15ClN2O2S/c16-15-9-8-12(10-17-15)21(19,20)18-14-7-3-5-11-4-1-2-6-13(11)14/h3,5,7-10,18H,1-2,4,6H2. The number of anilines is 1.